The van der Waals surface area contributed by atoms with Crippen molar-refractivity contribution < 1.29 is 8.42 Å². The van der Waals surface area contributed by atoms with Crippen LogP contribution < -0.4 is 10.0 Å². The Morgan fingerprint density at radius 3 is 2.05 bits per heavy atom. The van der Waals surface area contributed by atoms with Crippen LogP contribution in [-0.4, -0.2) is 32.3 Å². The molecule has 5 saturated carbocycles. The molecule has 2 N–H and O–H groups in total. The van der Waals surface area contributed by atoms with Crippen LogP contribution in [0, 0.1) is 17.8 Å². The summed E-state index contributed by atoms with van der Waals surface area (Å²) in [6.07, 6.45) is 10.6. The van der Waals surface area contributed by atoms with Gasteiger partial charge in [-0.2, -0.15) is 0 Å². The van der Waals surface area contributed by atoms with Crippen LogP contribution in [0.25, 0.3) is 0 Å². The third kappa shape index (κ3) is 3.30. The van der Waals surface area contributed by atoms with Crippen molar-refractivity contribution in [2.45, 2.75) is 69.4 Å². The minimum absolute atomic E-state index is 0.0719. The van der Waals surface area contributed by atoms with Gasteiger partial charge in [-0.1, -0.05) is 0 Å². The highest BCUT2D eigenvalue weighted by Crippen LogP contribution is 2.55. The molecular formula is C16H28N2O2S. The number of hydrogen-bond acceptors (Lipinski definition) is 3. The van der Waals surface area contributed by atoms with E-state index in [1.54, 1.807) is 0 Å². The molecule has 21 heavy (non-hydrogen) atoms. The Morgan fingerprint density at radius 1 is 0.952 bits per heavy atom. The quantitative estimate of drug-likeness (QED) is 0.707. The lowest BCUT2D eigenvalue weighted by Crippen LogP contribution is -2.60. The molecule has 0 unspecified atom stereocenters. The lowest BCUT2D eigenvalue weighted by atomic mass is 9.53. The van der Waals surface area contributed by atoms with Crippen LogP contribution in [-0.2, 0) is 10.0 Å². The van der Waals surface area contributed by atoms with Crippen molar-refractivity contribution in [1.82, 2.24) is 10.0 Å². The van der Waals surface area contributed by atoms with Gasteiger partial charge < -0.3 is 5.32 Å². The van der Waals surface area contributed by atoms with Crippen molar-refractivity contribution in [3.63, 3.8) is 0 Å². The lowest BCUT2D eigenvalue weighted by molar-refractivity contribution is -0.00809. The van der Waals surface area contributed by atoms with E-state index in [0.717, 1.165) is 50.0 Å². The van der Waals surface area contributed by atoms with E-state index >= 15 is 0 Å². The van der Waals surface area contributed by atoms with E-state index in [-0.39, 0.29) is 11.3 Å². The van der Waals surface area contributed by atoms with E-state index in [2.05, 4.69) is 10.0 Å². The standard InChI is InChI=1S/C16H28N2O2S/c19-21(20,5-1-4-17-15-2-3-15)18-16-9-12-6-13(10-16)8-14(7-12)11-16/h12-15,17-18H,1-11H2. The van der Waals surface area contributed by atoms with Gasteiger partial charge in [0, 0.05) is 11.6 Å². The molecule has 0 atom stereocenters. The first-order valence-electron chi connectivity index (χ1n) is 8.77. The Morgan fingerprint density at radius 2 is 1.52 bits per heavy atom. The SMILES string of the molecule is O=S(=O)(CCCNC1CC1)NC12CC3CC(CC(C3)C1)C2. The van der Waals surface area contributed by atoms with Crippen molar-refractivity contribution in [2.75, 3.05) is 12.3 Å². The normalized spacial score (nSPS) is 41.6. The molecule has 120 valence electrons. The molecule has 0 saturated heterocycles. The predicted molar refractivity (Wildman–Crippen MR) is 83.5 cm³/mol. The summed E-state index contributed by atoms with van der Waals surface area (Å²) >= 11 is 0. The first-order chi connectivity index (χ1) is 10.0. The highest BCUT2D eigenvalue weighted by atomic mass is 32.2. The van der Waals surface area contributed by atoms with E-state index in [9.17, 15) is 8.42 Å². The van der Waals surface area contributed by atoms with Crippen LogP contribution in [0.2, 0.25) is 0 Å². The van der Waals surface area contributed by atoms with E-state index in [1.807, 2.05) is 0 Å². The van der Waals surface area contributed by atoms with Gasteiger partial charge in [0.25, 0.3) is 0 Å². The largest absolute Gasteiger partial charge is 0.314 e. The number of hydrogen-bond donors (Lipinski definition) is 2. The maximum absolute atomic E-state index is 12.4. The molecule has 5 rings (SSSR count). The summed E-state index contributed by atoms with van der Waals surface area (Å²) in [4.78, 5) is 0. The molecule has 0 aromatic heterocycles. The van der Waals surface area contributed by atoms with Gasteiger partial charge in [-0.25, -0.2) is 13.1 Å². The molecule has 5 aliphatic rings. The topological polar surface area (TPSA) is 58.2 Å². The minimum Gasteiger partial charge on any atom is -0.314 e. The zero-order valence-electron chi connectivity index (χ0n) is 12.8. The molecule has 0 amide bonds. The van der Waals surface area contributed by atoms with Crippen molar-refractivity contribution in [2.24, 2.45) is 17.8 Å². The lowest BCUT2D eigenvalue weighted by Gasteiger charge is -2.56. The number of nitrogens with one attached hydrogen (secondary N) is 2. The zero-order valence-corrected chi connectivity index (χ0v) is 13.6. The molecule has 5 aliphatic carbocycles. The Balaban J connectivity index is 1.33. The Hall–Kier alpha value is -0.130. The van der Waals surface area contributed by atoms with Crippen LogP contribution >= 0.6 is 0 Å². The number of rotatable bonds is 7. The smallest absolute Gasteiger partial charge is 0.212 e. The summed E-state index contributed by atoms with van der Waals surface area (Å²) in [7, 11) is -3.11. The average Bonchev–Trinajstić information content (AvgIpc) is 3.15. The Bertz CT molecular complexity index is 463. The zero-order chi connectivity index (χ0) is 14.5. The summed E-state index contributed by atoms with van der Waals surface area (Å²) in [6, 6.07) is 0.670. The van der Waals surface area contributed by atoms with Crippen molar-refractivity contribution in [3.05, 3.63) is 0 Å². The van der Waals surface area contributed by atoms with Gasteiger partial charge in [0.2, 0.25) is 10.0 Å². The van der Waals surface area contributed by atoms with Crippen molar-refractivity contribution >= 4 is 10.0 Å². The fourth-order valence-electron chi connectivity index (χ4n) is 5.47. The van der Waals surface area contributed by atoms with Crippen LogP contribution in [0.5, 0.6) is 0 Å². The first kappa shape index (κ1) is 14.5. The van der Waals surface area contributed by atoms with Gasteiger partial charge >= 0.3 is 0 Å². The molecule has 4 nitrogen and oxygen atoms in total. The maximum Gasteiger partial charge on any atom is 0.212 e. The van der Waals surface area contributed by atoms with Crippen molar-refractivity contribution in [1.29, 1.82) is 0 Å². The third-order valence-corrected chi connectivity index (χ3v) is 7.58. The second-order valence-corrected chi connectivity index (χ2v) is 10.0. The van der Waals surface area contributed by atoms with Crippen molar-refractivity contribution in [3.8, 4) is 0 Å². The number of sulfonamides is 1. The highest BCUT2D eigenvalue weighted by molar-refractivity contribution is 7.89. The predicted octanol–water partition coefficient (Wildman–Crippen LogP) is 2.02. The Kier molecular flexibility index (Phi) is 3.58. The highest BCUT2D eigenvalue weighted by Gasteiger charge is 2.52. The molecule has 5 heteroatoms. The van der Waals surface area contributed by atoms with Gasteiger partial charge in [-0.05, 0) is 82.1 Å². The molecule has 0 heterocycles. The van der Waals surface area contributed by atoms with Gasteiger partial charge in [0.1, 0.15) is 0 Å². The van der Waals surface area contributed by atoms with E-state index in [1.165, 1.54) is 32.1 Å². The first-order valence-corrected chi connectivity index (χ1v) is 10.4. The summed E-state index contributed by atoms with van der Waals surface area (Å²) < 4.78 is 28.0. The molecule has 0 aromatic rings. The van der Waals surface area contributed by atoms with Gasteiger partial charge in [0.15, 0.2) is 0 Å². The van der Waals surface area contributed by atoms with Gasteiger partial charge in [-0.3, -0.25) is 0 Å². The summed E-state index contributed by atoms with van der Waals surface area (Å²) in [5.74, 6) is 2.65. The monoisotopic (exact) mass is 312 g/mol. The van der Waals surface area contributed by atoms with E-state index < -0.39 is 10.0 Å². The van der Waals surface area contributed by atoms with Crippen LogP contribution in [0.3, 0.4) is 0 Å². The summed E-state index contributed by atoms with van der Waals surface area (Å²) in [6.45, 7) is 0.840. The van der Waals surface area contributed by atoms with Gasteiger partial charge in [0.05, 0.1) is 5.75 Å². The van der Waals surface area contributed by atoms with E-state index in [0.29, 0.717) is 6.04 Å². The van der Waals surface area contributed by atoms with Gasteiger partial charge in [-0.15, -0.1) is 0 Å². The second kappa shape index (κ2) is 5.20. The molecule has 0 radical (unpaired) electrons. The minimum atomic E-state index is -3.11. The second-order valence-electron chi connectivity index (χ2n) is 8.20. The molecule has 0 aliphatic heterocycles. The maximum atomic E-state index is 12.4. The fourth-order valence-corrected chi connectivity index (χ4v) is 7.01. The average molecular weight is 312 g/mol. The molecular weight excluding hydrogens is 284 g/mol. The fraction of sp³-hybridized carbons (Fsp3) is 1.00. The van der Waals surface area contributed by atoms with Crippen LogP contribution in [0.1, 0.15) is 57.8 Å². The molecule has 0 aromatic carbocycles. The third-order valence-electron chi connectivity index (χ3n) is 6.01. The van der Waals surface area contributed by atoms with E-state index in [4.69, 9.17) is 0 Å². The Labute approximate surface area is 128 Å². The van der Waals surface area contributed by atoms with Crippen LogP contribution in [0.4, 0.5) is 0 Å². The summed E-state index contributed by atoms with van der Waals surface area (Å²) in [5, 5.41) is 3.40. The van der Waals surface area contributed by atoms with Crippen LogP contribution in [0.15, 0.2) is 0 Å². The molecule has 4 bridgehead atoms. The summed E-state index contributed by atoms with van der Waals surface area (Å²) in [5.41, 5.74) is -0.0719. The molecule has 0 spiro atoms. The molecule has 5 fully saturated rings.